The minimum atomic E-state index is -0.953. The molecule has 4 nitrogen and oxygen atoms in total. The van der Waals surface area contributed by atoms with Gasteiger partial charge in [0.1, 0.15) is 17.2 Å². The summed E-state index contributed by atoms with van der Waals surface area (Å²) in [6.45, 7) is 0. The molecule has 0 saturated heterocycles. The Morgan fingerprint density at radius 3 is 1.95 bits per heavy atom. The Morgan fingerprint density at radius 1 is 0.818 bits per heavy atom. The van der Waals surface area contributed by atoms with Crippen molar-refractivity contribution in [1.82, 2.24) is 0 Å². The van der Waals surface area contributed by atoms with Crippen LogP contribution < -0.4 is 9.47 Å². The fraction of sp³-hybridized carbons (Fsp3) is 0.0556. The third kappa shape index (κ3) is 2.86. The molecular weight excluding hydrogens is 280 g/mol. The van der Waals surface area contributed by atoms with Gasteiger partial charge in [-0.2, -0.15) is 0 Å². The lowest BCUT2D eigenvalue weighted by Crippen LogP contribution is -1.95. The molecular formula is C18H14O4. The normalized spacial score (nSPS) is 10.4. The Kier molecular flexibility index (Phi) is 3.66. The van der Waals surface area contributed by atoms with Crippen LogP contribution in [0, 0.1) is 0 Å². The predicted octanol–water partition coefficient (Wildman–Crippen LogP) is 4.34. The van der Waals surface area contributed by atoms with Crippen molar-refractivity contribution in [3.05, 3.63) is 66.2 Å². The van der Waals surface area contributed by atoms with Crippen molar-refractivity contribution in [2.24, 2.45) is 0 Å². The Hall–Kier alpha value is -3.01. The third-order valence-electron chi connectivity index (χ3n) is 3.36. The van der Waals surface area contributed by atoms with Gasteiger partial charge < -0.3 is 14.6 Å². The number of ether oxygens (including phenoxy) is 2. The van der Waals surface area contributed by atoms with Gasteiger partial charge in [-0.15, -0.1) is 0 Å². The van der Waals surface area contributed by atoms with Gasteiger partial charge in [0.15, 0.2) is 0 Å². The summed E-state index contributed by atoms with van der Waals surface area (Å²) in [7, 11) is 1.64. The highest BCUT2D eigenvalue weighted by atomic mass is 16.5. The molecule has 0 saturated carbocycles. The van der Waals surface area contributed by atoms with Gasteiger partial charge in [0.2, 0.25) is 0 Å². The van der Waals surface area contributed by atoms with Crippen molar-refractivity contribution in [1.29, 1.82) is 0 Å². The van der Waals surface area contributed by atoms with Crippen molar-refractivity contribution in [3.63, 3.8) is 0 Å². The minimum absolute atomic E-state index is 0.234. The molecule has 1 N–H and O–H groups in total. The molecule has 0 aliphatic carbocycles. The maximum absolute atomic E-state index is 10.8. The highest BCUT2D eigenvalue weighted by Gasteiger charge is 2.04. The van der Waals surface area contributed by atoms with Crippen LogP contribution in [0.2, 0.25) is 0 Å². The van der Waals surface area contributed by atoms with E-state index in [1.165, 1.54) is 12.1 Å². The van der Waals surface area contributed by atoms with Crippen LogP contribution >= 0.6 is 0 Å². The first kappa shape index (κ1) is 13.9. The largest absolute Gasteiger partial charge is 0.497 e. The van der Waals surface area contributed by atoms with Crippen molar-refractivity contribution in [3.8, 4) is 17.2 Å². The summed E-state index contributed by atoms with van der Waals surface area (Å²) in [5.74, 6) is 1.15. The van der Waals surface area contributed by atoms with E-state index in [1.54, 1.807) is 19.2 Å². The first-order chi connectivity index (χ1) is 10.7. The predicted molar refractivity (Wildman–Crippen MR) is 84.0 cm³/mol. The van der Waals surface area contributed by atoms with Crippen molar-refractivity contribution < 1.29 is 19.4 Å². The lowest BCUT2D eigenvalue weighted by molar-refractivity contribution is 0.0697. The number of benzene rings is 3. The minimum Gasteiger partial charge on any atom is -0.497 e. The number of carbonyl (C=O) groups is 1. The monoisotopic (exact) mass is 294 g/mol. The van der Waals surface area contributed by atoms with Crippen LogP contribution in [0.3, 0.4) is 0 Å². The van der Waals surface area contributed by atoms with E-state index < -0.39 is 5.97 Å². The molecule has 0 aliphatic rings. The number of carboxylic acids is 1. The molecule has 110 valence electrons. The summed E-state index contributed by atoms with van der Waals surface area (Å²) < 4.78 is 11.0. The second-order valence-electron chi connectivity index (χ2n) is 4.81. The van der Waals surface area contributed by atoms with Gasteiger partial charge in [0.25, 0.3) is 0 Å². The molecule has 22 heavy (non-hydrogen) atoms. The molecule has 0 radical (unpaired) electrons. The van der Waals surface area contributed by atoms with E-state index in [9.17, 15) is 4.79 Å². The SMILES string of the molecule is COc1ccc2cc(Oc3ccc(C(=O)O)cc3)ccc2c1. The Bertz CT molecular complexity index is 822. The zero-order valence-corrected chi connectivity index (χ0v) is 11.9. The van der Waals surface area contributed by atoms with Crippen LogP contribution in [0.15, 0.2) is 60.7 Å². The topological polar surface area (TPSA) is 55.8 Å². The number of carboxylic acid groups (broad SMARTS) is 1. The van der Waals surface area contributed by atoms with Gasteiger partial charge >= 0.3 is 5.97 Å². The molecule has 0 bridgehead atoms. The summed E-state index contributed by atoms with van der Waals surface area (Å²) in [6.07, 6.45) is 0. The molecule has 3 rings (SSSR count). The van der Waals surface area contributed by atoms with E-state index in [1.807, 2.05) is 36.4 Å². The molecule has 0 spiro atoms. The number of aromatic carboxylic acids is 1. The second kappa shape index (κ2) is 5.77. The fourth-order valence-electron chi connectivity index (χ4n) is 2.19. The Balaban J connectivity index is 1.85. The highest BCUT2D eigenvalue weighted by molar-refractivity contribution is 5.87. The smallest absolute Gasteiger partial charge is 0.335 e. The van der Waals surface area contributed by atoms with Crippen molar-refractivity contribution >= 4 is 16.7 Å². The first-order valence-corrected chi connectivity index (χ1v) is 6.75. The lowest BCUT2D eigenvalue weighted by Gasteiger charge is -2.08. The fourth-order valence-corrected chi connectivity index (χ4v) is 2.19. The Labute approximate surface area is 127 Å². The van der Waals surface area contributed by atoms with Crippen molar-refractivity contribution in [2.45, 2.75) is 0 Å². The number of methoxy groups -OCH3 is 1. The van der Waals surface area contributed by atoms with Gasteiger partial charge in [0.05, 0.1) is 12.7 Å². The quantitative estimate of drug-likeness (QED) is 0.777. The van der Waals surface area contributed by atoms with E-state index in [2.05, 4.69) is 0 Å². The molecule has 0 unspecified atom stereocenters. The van der Waals surface area contributed by atoms with Gasteiger partial charge in [-0.25, -0.2) is 4.79 Å². The van der Waals surface area contributed by atoms with Gasteiger partial charge in [0, 0.05) is 0 Å². The first-order valence-electron chi connectivity index (χ1n) is 6.75. The standard InChI is InChI=1S/C18H14O4/c1-21-16-8-4-14-11-17(9-5-13(14)10-16)22-15-6-2-12(3-7-15)18(19)20/h2-11H,1H3,(H,19,20). The van der Waals surface area contributed by atoms with Crippen molar-refractivity contribution in [2.75, 3.05) is 7.11 Å². The van der Waals surface area contributed by atoms with Crippen LogP contribution in [-0.4, -0.2) is 18.2 Å². The molecule has 0 aliphatic heterocycles. The Morgan fingerprint density at radius 2 is 1.36 bits per heavy atom. The van der Waals surface area contributed by atoms with Crippen LogP contribution in [0.5, 0.6) is 17.2 Å². The summed E-state index contributed by atoms with van der Waals surface area (Å²) >= 11 is 0. The van der Waals surface area contributed by atoms with Gasteiger partial charge in [-0.3, -0.25) is 0 Å². The summed E-state index contributed by atoms with van der Waals surface area (Å²) in [5.41, 5.74) is 0.234. The molecule has 0 fully saturated rings. The zero-order chi connectivity index (χ0) is 15.5. The van der Waals surface area contributed by atoms with E-state index in [-0.39, 0.29) is 5.56 Å². The number of fused-ring (bicyclic) bond motifs is 1. The summed E-state index contributed by atoms with van der Waals surface area (Å²) in [4.78, 5) is 10.8. The van der Waals surface area contributed by atoms with Crippen LogP contribution in [0.25, 0.3) is 10.8 Å². The molecule has 0 amide bonds. The van der Waals surface area contributed by atoms with E-state index >= 15 is 0 Å². The number of hydrogen-bond acceptors (Lipinski definition) is 3. The maximum Gasteiger partial charge on any atom is 0.335 e. The van der Waals surface area contributed by atoms with E-state index in [0.717, 1.165) is 16.5 Å². The van der Waals surface area contributed by atoms with E-state index in [0.29, 0.717) is 11.5 Å². The maximum atomic E-state index is 10.8. The van der Waals surface area contributed by atoms with Gasteiger partial charge in [-0.1, -0.05) is 12.1 Å². The van der Waals surface area contributed by atoms with Crippen LogP contribution in [0.1, 0.15) is 10.4 Å². The van der Waals surface area contributed by atoms with Crippen LogP contribution in [-0.2, 0) is 0 Å². The lowest BCUT2D eigenvalue weighted by atomic mass is 10.1. The molecule has 3 aromatic rings. The number of hydrogen-bond donors (Lipinski definition) is 1. The molecule has 4 heteroatoms. The average molecular weight is 294 g/mol. The van der Waals surface area contributed by atoms with Gasteiger partial charge in [-0.05, 0) is 59.3 Å². The second-order valence-corrected chi connectivity index (χ2v) is 4.81. The molecule has 0 aromatic heterocycles. The highest BCUT2D eigenvalue weighted by Crippen LogP contribution is 2.28. The van der Waals surface area contributed by atoms with Crippen LogP contribution in [0.4, 0.5) is 0 Å². The zero-order valence-electron chi connectivity index (χ0n) is 11.9. The number of rotatable bonds is 4. The average Bonchev–Trinajstić information content (AvgIpc) is 2.55. The molecule has 0 atom stereocenters. The third-order valence-corrected chi connectivity index (χ3v) is 3.36. The molecule has 3 aromatic carbocycles. The summed E-state index contributed by atoms with van der Waals surface area (Å²) in [5, 5.41) is 11.0. The molecule has 0 heterocycles. The summed E-state index contributed by atoms with van der Waals surface area (Å²) in [6, 6.07) is 17.9. The van der Waals surface area contributed by atoms with E-state index in [4.69, 9.17) is 14.6 Å².